The van der Waals surface area contributed by atoms with E-state index < -0.39 is 78.0 Å². The second-order valence-electron chi connectivity index (χ2n) is 9.80. The molecule has 7 rings (SSSR count). The summed E-state index contributed by atoms with van der Waals surface area (Å²) in [5.41, 5.74) is -3.90. The van der Waals surface area contributed by atoms with Gasteiger partial charge in [0, 0.05) is 6.54 Å². The normalized spacial score (nSPS) is 64.6. The van der Waals surface area contributed by atoms with Crippen LogP contribution in [-0.2, 0) is 33.2 Å². The summed E-state index contributed by atoms with van der Waals surface area (Å²) in [5.74, 6) is 0. The van der Waals surface area contributed by atoms with Crippen molar-refractivity contribution in [1.82, 2.24) is 5.32 Å². The minimum Gasteiger partial charge on any atom is -0.388 e. The topological polar surface area (TPSA) is 158 Å². The molecule has 7 aliphatic rings. The van der Waals surface area contributed by atoms with Crippen LogP contribution in [0.2, 0.25) is 0 Å². The predicted octanol–water partition coefficient (Wildman–Crippen LogP) is -4.38. The van der Waals surface area contributed by atoms with Crippen LogP contribution in [0.1, 0.15) is 0 Å². The van der Waals surface area contributed by atoms with Gasteiger partial charge in [-0.15, -0.1) is 0 Å². The maximum atomic E-state index is 11.8. The average Bonchev–Trinajstić information content (AvgIpc) is 3.56. The molecule has 2 spiro atoms. The molecule has 5 N–H and O–H groups in total. The molecule has 7 aliphatic heterocycles. The van der Waals surface area contributed by atoms with Crippen molar-refractivity contribution in [2.45, 2.75) is 78.0 Å². The fourth-order valence-electron chi connectivity index (χ4n) is 6.58. The molecule has 7 heterocycles. The van der Waals surface area contributed by atoms with Gasteiger partial charge in [0.1, 0.15) is 72.2 Å². The highest BCUT2D eigenvalue weighted by Crippen LogP contribution is 2.53. The summed E-state index contributed by atoms with van der Waals surface area (Å²) >= 11 is 0. The monoisotopic (exact) mass is 445 g/mol. The summed E-state index contributed by atoms with van der Waals surface area (Å²) in [5, 5.41) is 45.9. The summed E-state index contributed by atoms with van der Waals surface area (Å²) in [6, 6.07) is 0. The number of hydrogen-bond acceptors (Lipinski definition) is 12. The summed E-state index contributed by atoms with van der Waals surface area (Å²) in [7, 11) is 0. The highest BCUT2D eigenvalue weighted by atomic mass is 16.7. The molecule has 0 unspecified atom stereocenters. The van der Waals surface area contributed by atoms with Crippen LogP contribution in [0, 0.1) is 0 Å². The van der Waals surface area contributed by atoms with Gasteiger partial charge in [-0.2, -0.15) is 0 Å². The predicted molar refractivity (Wildman–Crippen MR) is 94.9 cm³/mol. The lowest BCUT2D eigenvalue weighted by Gasteiger charge is -2.42. The third-order valence-corrected chi connectivity index (χ3v) is 8.01. The molecule has 0 saturated carbocycles. The molecule has 0 aromatic heterocycles. The Morgan fingerprint density at radius 1 is 0.710 bits per heavy atom. The second kappa shape index (κ2) is 6.34. The molecule has 7 fully saturated rings. The molecule has 31 heavy (non-hydrogen) atoms. The molecule has 0 radical (unpaired) electrons. The molecule has 0 amide bonds. The maximum absolute atomic E-state index is 11.8. The number of rotatable bonds is 1. The second-order valence-corrected chi connectivity index (χ2v) is 9.80. The Morgan fingerprint density at radius 2 is 1.32 bits per heavy atom. The van der Waals surface area contributed by atoms with E-state index in [1.807, 2.05) is 0 Å². The van der Waals surface area contributed by atoms with Crippen molar-refractivity contribution in [2.24, 2.45) is 0 Å². The summed E-state index contributed by atoms with van der Waals surface area (Å²) in [6.45, 7) is 0.661. The average molecular weight is 445 g/mol. The first kappa shape index (κ1) is 19.9. The Bertz CT molecular complexity index is 773. The third-order valence-electron chi connectivity index (χ3n) is 8.01. The van der Waals surface area contributed by atoms with Crippen LogP contribution >= 0.6 is 0 Å². The summed E-state index contributed by atoms with van der Waals surface area (Å²) < 4.78 is 41.8. The van der Waals surface area contributed by atoms with Crippen molar-refractivity contribution in [3.8, 4) is 0 Å². The lowest BCUT2D eigenvalue weighted by Crippen LogP contribution is -2.68. The van der Waals surface area contributed by atoms with Crippen LogP contribution in [0.5, 0.6) is 0 Å². The van der Waals surface area contributed by atoms with Crippen molar-refractivity contribution < 1.29 is 53.6 Å². The minimum atomic E-state index is -1.65. The third kappa shape index (κ3) is 2.35. The van der Waals surface area contributed by atoms with E-state index in [1.54, 1.807) is 0 Å². The minimum absolute atomic E-state index is 0.0465. The number of nitrogens with one attached hydrogen (secondary N) is 1. The van der Waals surface area contributed by atoms with Crippen LogP contribution < -0.4 is 5.32 Å². The van der Waals surface area contributed by atoms with Crippen molar-refractivity contribution in [3.05, 3.63) is 0 Å². The van der Waals surface area contributed by atoms with Crippen molar-refractivity contribution in [1.29, 1.82) is 0 Å². The van der Waals surface area contributed by atoms with Gasteiger partial charge < -0.3 is 53.6 Å². The molecule has 0 bridgehead atoms. The van der Waals surface area contributed by atoms with Gasteiger partial charge in [0.25, 0.3) is 0 Å². The molecule has 12 nitrogen and oxygen atoms in total. The highest BCUT2D eigenvalue weighted by molar-refractivity contribution is 5.24. The largest absolute Gasteiger partial charge is 0.388 e. The molecule has 0 aromatic rings. The van der Waals surface area contributed by atoms with E-state index in [0.29, 0.717) is 6.54 Å². The first-order valence-electron chi connectivity index (χ1n) is 10.8. The number of aliphatic hydroxyl groups excluding tert-OH is 3. The Labute approximate surface area is 177 Å². The van der Waals surface area contributed by atoms with Crippen LogP contribution in [0.4, 0.5) is 0 Å². The molecule has 13 atom stereocenters. The Hall–Kier alpha value is -0.480. The van der Waals surface area contributed by atoms with Crippen molar-refractivity contribution in [3.63, 3.8) is 0 Å². The first-order valence-corrected chi connectivity index (χ1v) is 10.8. The molecule has 12 heteroatoms. The van der Waals surface area contributed by atoms with Crippen molar-refractivity contribution >= 4 is 0 Å². The summed E-state index contributed by atoms with van der Waals surface area (Å²) in [4.78, 5) is 0. The zero-order chi connectivity index (χ0) is 21.2. The molecular formula is C19H27NO11. The Kier molecular flexibility index (Phi) is 4.08. The molecule has 174 valence electrons. The van der Waals surface area contributed by atoms with E-state index in [2.05, 4.69) is 5.32 Å². The van der Waals surface area contributed by atoms with E-state index in [0.717, 1.165) is 0 Å². The quantitative estimate of drug-likeness (QED) is 0.264. The molecular weight excluding hydrogens is 418 g/mol. The fourth-order valence-corrected chi connectivity index (χ4v) is 6.58. The zero-order valence-electron chi connectivity index (χ0n) is 16.7. The van der Waals surface area contributed by atoms with Gasteiger partial charge in [0.2, 0.25) is 0 Å². The number of hydrogen-bond donors (Lipinski definition) is 5. The summed E-state index contributed by atoms with van der Waals surface area (Å²) in [6.07, 6.45) is -7.41. The Morgan fingerprint density at radius 3 is 2.10 bits per heavy atom. The molecule has 7 saturated heterocycles. The van der Waals surface area contributed by atoms with Gasteiger partial charge in [-0.05, 0) is 0 Å². The van der Waals surface area contributed by atoms with Gasteiger partial charge in [-0.1, -0.05) is 0 Å². The van der Waals surface area contributed by atoms with Gasteiger partial charge in [0.05, 0.1) is 33.0 Å². The van der Waals surface area contributed by atoms with E-state index in [4.69, 9.17) is 33.2 Å². The maximum Gasteiger partial charge on any atom is 0.178 e. The fraction of sp³-hybridized carbons (Fsp3) is 1.00. The van der Waals surface area contributed by atoms with Gasteiger partial charge in [-0.3, -0.25) is 5.32 Å². The lowest BCUT2D eigenvalue weighted by atomic mass is 9.83. The van der Waals surface area contributed by atoms with Crippen LogP contribution in [0.15, 0.2) is 0 Å². The highest BCUT2D eigenvalue weighted by Gasteiger charge is 2.77. The van der Waals surface area contributed by atoms with E-state index in [1.165, 1.54) is 0 Å². The lowest BCUT2D eigenvalue weighted by molar-refractivity contribution is -0.244. The van der Waals surface area contributed by atoms with Crippen LogP contribution in [-0.4, -0.2) is 138 Å². The van der Waals surface area contributed by atoms with E-state index in [-0.39, 0.29) is 33.0 Å². The number of fused-ring (bicyclic) bond motifs is 5. The Balaban J connectivity index is 1.27. The SMILES string of the molecule is O[C@@H]1CO[C@H]2[C@@H]1OC[C@]21CN[C@]2(O1)[C@@H]([C@@]1(O)CO[C@@H]3[C@H](O)CO[C@@H]31)O[C@@H]1[C@H](O)CO[C@@H]12. The molecule has 0 aliphatic carbocycles. The molecule has 0 aromatic carbocycles. The van der Waals surface area contributed by atoms with Crippen LogP contribution in [0.25, 0.3) is 0 Å². The standard InChI is InChI=1S/C19H27NO11/c21-7-1-25-13-10(7)28-5-17(13)4-20-19(31-17)15-12(9(23)3-27-15)30-16(19)18(24)6-29-11-8(22)2-26-14(11)18/h7-16,20-24H,1-6H2/t7-,8-,9-,10-,11-,12-,13+,14+,15+,16-,17-,18-,19-/m1/s1. The number of aliphatic hydroxyl groups is 4. The van der Waals surface area contributed by atoms with Gasteiger partial charge in [0.15, 0.2) is 5.72 Å². The van der Waals surface area contributed by atoms with E-state index >= 15 is 0 Å². The van der Waals surface area contributed by atoms with Crippen LogP contribution in [0.3, 0.4) is 0 Å². The smallest absolute Gasteiger partial charge is 0.178 e. The first-order chi connectivity index (χ1) is 14.9. The van der Waals surface area contributed by atoms with E-state index in [9.17, 15) is 20.4 Å². The number of ether oxygens (including phenoxy) is 7. The zero-order valence-corrected chi connectivity index (χ0v) is 16.7. The van der Waals surface area contributed by atoms with Gasteiger partial charge >= 0.3 is 0 Å². The van der Waals surface area contributed by atoms with Gasteiger partial charge in [-0.25, -0.2) is 0 Å². The van der Waals surface area contributed by atoms with Crippen molar-refractivity contribution in [2.75, 3.05) is 39.6 Å².